The van der Waals surface area contributed by atoms with Crippen LogP contribution < -0.4 is 15.5 Å². The number of guanidine groups is 1. The molecule has 33 heavy (non-hydrogen) atoms. The normalized spacial score (nSPS) is 20.6. The molecule has 3 heterocycles. The number of anilines is 1. The fourth-order valence-electron chi connectivity index (χ4n) is 4.30. The van der Waals surface area contributed by atoms with Gasteiger partial charge >= 0.3 is 0 Å². The quantitative estimate of drug-likeness (QED) is 0.267. The molecular weight excluding hydrogens is 529 g/mol. The highest BCUT2D eigenvalue weighted by molar-refractivity contribution is 14.0. The van der Waals surface area contributed by atoms with Crippen molar-refractivity contribution in [1.29, 1.82) is 0 Å². The first kappa shape index (κ1) is 28.1. The predicted molar refractivity (Wildman–Crippen MR) is 148 cm³/mol. The summed E-state index contributed by atoms with van der Waals surface area (Å²) in [4.78, 5) is 16.8. The molecule has 188 valence electrons. The summed E-state index contributed by atoms with van der Waals surface area (Å²) in [5.74, 6) is 2.58. The van der Waals surface area contributed by atoms with Gasteiger partial charge in [0.2, 0.25) is 0 Å². The van der Waals surface area contributed by atoms with Gasteiger partial charge in [0.15, 0.2) is 5.96 Å². The zero-order valence-electron chi connectivity index (χ0n) is 20.9. The average Bonchev–Trinajstić information content (AvgIpc) is 2.81. The molecule has 0 saturated carbocycles. The van der Waals surface area contributed by atoms with Crippen LogP contribution in [0.25, 0.3) is 0 Å². The van der Waals surface area contributed by atoms with Crippen molar-refractivity contribution in [1.82, 2.24) is 25.4 Å². The van der Waals surface area contributed by atoms with E-state index in [2.05, 4.69) is 65.2 Å². The van der Waals surface area contributed by atoms with Gasteiger partial charge in [-0.3, -0.25) is 4.90 Å². The smallest absolute Gasteiger partial charge is 0.191 e. The summed E-state index contributed by atoms with van der Waals surface area (Å²) in [6.07, 6.45) is 2.16. The zero-order chi connectivity index (χ0) is 22.8. The maximum absolute atomic E-state index is 5.96. The molecule has 2 aliphatic rings. The molecule has 2 fully saturated rings. The maximum Gasteiger partial charge on any atom is 0.191 e. The SMILES string of the molecule is CCNC(=NCc1ccc(N2CCN(CC)CC2)nc1)NCC1CN(CC(C)C)CCO1.I. The summed E-state index contributed by atoms with van der Waals surface area (Å²) < 4.78 is 5.96. The van der Waals surface area contributed by atoms with Crippen molar-refractivity contribution in [3.8, 4) is 0 Å². The second-order valence-electron chi connectivity index (χ2n) is 9.17. The Bertz CT molecular complexity index is 693. The number of likely N-dealkylation sites (N-methyl/N-ethyl adjacent to an activating group) is 1. The number of piperazine rings is 1. The summed E-state index contributed by atoms with van der Waals surface area (Å²) in [6.45, 7) is 20.4. The van der Waals surface area contributed by atoms with Crippen LogP contribution in [0.2, 0.25) is 0 Å². The molecule has 3 rings (SSSR count). The highest BCUT2D eigenvalue weighted by atomic mass is 127. The molecule has 0 radical (unpaired) electrons. The molecule has 0 bridgehead atoms. The van der Waals surface area contributed by atoms with Crippen molar-refractivity contribution < 1.29 is 4.74 Å². The molecule has 2 N–H and O–H groups in total. The lowest BCUT2D eigenvalue weighted by Gasteiger charge is -2.34. The fraction of sp³-hybridized carbons (Fsp3) is 0.750. The number of nitrogens with zero attached hydrogens (tertiary/aromatic N) is 5. The standard InChI is InChI=1S/C24H43N7O.HI/c1-5-25-24(28-17-22-19-30(13-14-32-22)18-20(3)4)27-16-21-7-8-23(26-15-21)31-11-9-29(6-2)10-12-31;/h7-8,15,20,22H,5-6,9-14,16-19H2,1-4H3,(H2,25,27,28);1H. The number of hydrogen-bond donors (Lipinski definition) is 2. The van der Waals surface area contributed by atoms with Gasteiger partial charge in [0.25, 0.3) is 0 Å². The minimum Gasteiger partial charge on any atom is -0.374 e. The second kappa shape index (κ2) is 15.0. The van der Waals surface area contributed by atoms with Gasteiger partial charge in [-0.05, 0) is 31.0 Å². The third kappa shape index (κ3) is 9.54. The van der Waals surface area contributed by atoms with Crippen LogP contribution >= 0.6 is 24.0 Å². The lowest BCUT2D eigenvalue weighted by molar-refractivity contribution is -0.0284. The molecule has 2 aliphatic heterocycles. The summed E-state index contributed by atoms with van der Waals surface area (Å²) in [7, 11) is 0. The highest BCUT2D eigenvalue weighted by Crippen LogP contribution is 2.14. The molecular formula is C24H44IN7O. The van der Waals surface area contributed by atoms with E-state index in [0.717, 1.165) is 89.4 Å². The van der Waals surface area contributed by atoms with Gasteiger partial charge < -0.3 is 25.2 Å². The Morgan fingerprint density at radius 1 is 1.12 bits per heavy atom. The van der Waals surface area contributed by atoms with E-state index in [-0.39, 0.29) is 30.1 Å². The summed E-state index contributed by atoms with van der Waals surface area (Å²) in [5, 5.41) is 6.81. The fourth-order valence-corrected chi connectivity index (χ4v) is 4.30. The zero-order valence-corrected chi connectivity index (χ0v) is 23.3. The lowest BCUT2D eigenvalue weighted by Crippen LogP contribution is -2.50. The molecule has 0 aliphatic carbocycles. The first-order valence-electron chi connectivity index (χ1n) is 12.4. The van der Waals surface area contributed by atoms with E-state index in [4.69, 9.17) is 14.7 Å². The molecule has 1 unspecified atom stereocenters. The number of rotatable bonds is 9. The van der Waals surface area contributed by atoms with Crippen LogP contribution in [0, 0.1) is 5.92 Å². The minimum absolute atomic E-state index is 0. The van der Waals surface area contributed by atoms with Crippen LogP contribution in [0.4, 0.5) is 5.82 Å². The van der Waals surface area contributed by atoms with Gasteiger partial charge in [0.1, 0.15) is 5.82 Å². The number of nitrogens with one attached hydrogen (secondary N) is 2. The first-order valence-corrected chi connectivity index (χ1v) is 12.4. The van der Waals surface area contributed by atoms with Gasteiger partial charge in [0, 0.05) is 65.1 Å². The average molecular weight is 574 g/mol. The molecule has 0 spiro atoms. The molecule has 1 atom stereocenters. The third-order valence-electron chi connectivity index (χ3n) is 6.06. The van der Waals surface area contributed by atoms with Gasteiger partial charge in [-0.25, -0.2) is 9.98 Å². The van der Waals surface area contributed by atoms with Crippen LogP contribution in [0.15, 0.2) is 23.3 Å². The van der Waals surface area contributed by atoms with Crippen LogP contribution in [0.3, 0.4) is 0 Å². The van der Waals surface area contributed by atoms with Crippen molar-refractivity contribution in [3.05, 3.63) is 23.9 Å². The number of aromatic nitrogens is 1. The molecule has 0 aromatic carbocycles. The second-order valence-corrected chi connectivity index (χ2v) is 9.17. The van der Waals surface area contributed by atoms with Crippen LogP contribution in [0.5, 0.6) is 0 Å². The Morgan fingerprint density at radius 3 is 2.55 bits per heavy atom. The number of halogens is 1. The van der Waals surface area contributed by atoms with Crippen molar-refractivity contribution in [2.45, 2.75) is 40.3 Å². The molecule has 8 nitrogen and oxygen atoms in total. The Kier molecular flexibility index (Phi) is 12.7. The van der Waals surface area contributed by atoms with Gasteiger partial charge in [-0.1, -0.05) is 26.8 Å². The molecule has 1 aromatic heterocycles. The van der Waals surface area contributed by atoms with E-state index in [1.54, 1.807) is 0 Å². The Balaban J connectivity index is 0.00000385. The van der Waals surface area contributed by atoms with Crippen molar-refractivity contribution >= 4 is 35.8 Å². The monoisotopic (exact) mass is 573 g/mol. The van der Waals surface area contributed by atoms with Gasteiger partial charge in [-0.2, -0.15) is 0 Å². The molecule has 0 amide bonds. The minimum atomic E-state index is 0. The Hall–Kier alpha value is -1.17. The molecule has 2 saturated heterocycles. The Labute approximate surface area is 217 Å². The predicted octanol–water partition coefficient (Wildman–Crippen LogP) is 2.25. The largest absolute Gasteiger partial charge is 0.374 e. The van der Waals surface area contributed by atoms with E-state index in [1.165, 1.54) is 0 Å². The Morgan fingerprint density at radius 2 is 1.91 bits per heavy atom. The number of morpholine rings is 1. The topological polar surface area (TPSA) is 68.3 Å². The van der Waals surface area contributed by atoms with Gasteiger partial charge in [0.05, 0.1) is 19.3 Å². The number of aliphatic imine (C=N–C) groups is 1. The van der Waals surface area contributed by atoms with E-state index in [1.807, 2.05) is 6.20 Å². The highest BCUT2D eigenvalue weighted by Gasteiger charge is 2.21. The van der Waals surface area contributed by atoms with Crippen LogP contribution in [-0.4, -0.2) is 98.9 Å². The first-order chi connectivity index (χ1) is 15.6. The summed E-state index contributed by atoms with van der Waals surface area (Å²) in [5.41, 5.74) is 1.12. The van der Waals surface area contributed by atoms with E-state index in [0.29, 0.717) is 12.5 Å². The maximum atomic E-state index is 5.96. The third-order valence-corrected chi connectivity index (χ3v) is 6.06. The van der Waals surface area contributed by atoms with E-state index >= 15 is 0 Å². The lowest BCUT2D eigenvalue weighted by atomic mass is 10.2. The van der Waals surface area contributed by atoms with E-state index < -0.39 is 0 Å². The van der Waals surface area contributed by atoms with Gasteiger partial charge in [-0.15, -0.1) is 24.0 Å². The van der Waals surface area contributed by atoms with Crippen molar-refractivity contribution in [2.24, 2.45) is 10.9 Å². The van der Waals surface area contributed by atoms with Crippen molar-refractivity contribution in [3.63, 3.8) is 0 Å². The number of hydrogen-bond acceptors (Lipinski definition) is 6. The van der Waals surface area contributed by atoms with Crippen molar-refractivity contribution in [2.75, 3.05) is 77.0 Å². The summed E-state index contributed by atoms with van der Waals surface area (Å²) in [6, 6.07) is 4.28. The van der Waals surface area contributed by atoms with Crippen LogP contribution in [0.1, 0.15) is 33.3 Å². The van der Waals surface area contributed by atoms with Crippen LogP contribution in [-0.2, 0) is 11.3 Å². The summed E-state index contributed by atoms with van der Waals surface area (Å²) >= 11 is 0. The van der Waals surface area contributed by atoms with E-state index in [9.17, 15) is 0 Å². The number of pyridine rings is 1. The number of ether oxygens (including phenoxy) is 1. The molecule has 1 aromatic rings. The molecule has 9 heteroatoms.